The number of nitrogens with zero attached hydrogens (tertiary/aromatic N) is 3. The molecule has 0 aliphatic carbocycles. The van der Waals surface area contributed by atoms with E-state index in [1.165, 1.54) is 6.33 Å². The van der Waals surface area contributed by atoms with Crippen LogP contribution in [0.25, 0.3) is 11.1 Å². The summed E-state index contributed by atoms with van der Waals surface area (Å²) in [6.45, 7) is 3.22. The van der Waals surface area contributed by atoms with E-state index in [2.05, 4.69) is 4.98 Å². The Morgan fingerprint density at radius 1 is 1.36 bits per heavy atom. The predicted molar refractivity (Wildman–Crippen MR) is 88.7 cm³/mol. The van der Waals surface area contributed by atoms with Gasteiger partial charge in [-0.2, -0.15) is 0 Å². The molecule has 0 amide bonds. The lowest BCUT2D eigenvalue weighted by Crippen LogP contribution is -2.26. The van der Waals surface area contributed by atoms with Crippen molar-refractivity contribution in [2.75, 3.05) is 6.61 Å². The molecule has 0 atom stereocenters. The number of hydrogen-bond donors (Lipinski definition) is 0. The molecule has 25 heavy (non-hydrogen) atoms. The van der Waals surface area contributed by atoms with Crippen molar-refractivity contribution in [3.05, 3.63) is 52.0 Å². The van der Waals surface area contributed by atoms with E-state index in [1.807, 2.05) is 0 Å². The molecule has 0 fully saturated rings. The molecule has 8 nitrogen and oxygen atoms in total. The number of fused-ring (bicyclic) bond motifs is 1. The fourth-order valence-corrected chi connectivity index (χ4v) is 2.69. The van der Waals surface area contributed by atoms with Crippen LogP contribution in [0.2, 0.25) is 0 Å². The van der Waals surface area contributed by atoms with Gasteiger partial charge in [0.05, 0.1) is 18.8 Å². The van der Waals surface area contributed by atoms with Gasteiger partial charge in [-0.05, 0) is 26.0 Å². The summed E-state index contributed by atoms with van der Waals surface area (Å²) >= 11 is 0. The van der Waals surface area contributed by atoms with Crippen LogP contribution in [-0.4, -0.2) is 32.5 Å². The van der Waals surface area contributed by atoms with Crippen molar-refractivity contribution in [2.24, 2.45) is 7.05 Å². The highest BCUT2D eigenvalue weighted by atomic mass is 16.5. The Bertz CT molecular complexity index is 1020. The highest BCUT2D eigenvalue weighted by molar-refractivity contribution is 6.03. The number of carbonyl (C=O) groups is 2. The number of ketones is 1. The molecule has 3 aromatic rings. The number of Topliss-reactive ketones (excluding diaryl/α,β-unsaturated/α-hetero) is 1. The molecule has 0 radical (unpaired) electrons. The number of hydrogen-bond acceptors (Lipinski definition) is 6. The van der Waals surface area contributed by atoms with Crippen molar-refractivity contribution in [1.82, 2.24) is 14.1 Å². The minimum absolute atomic E-state index is 0.0260. The van der Waals surface area contributed by atoms with E-state index in [4.69, 9.17) is 9.15 Å². The number of furan rings is 1. The number of aromatic nitrogens is 3. The van der Waals surface area contributed by atoms with Crippen LogP contribution in [0, 0.1) is 6.92 Å². The van der Waals surface area contributed by atoms with E-state index in [-0.39, 0.29) is 41.4 Å². The second-order valence-corrected chi connectivity index (χ2v) is 5.54. The molecule has 0 N–H and O–H groups in total. The number of aryl methyl sites for hydroxylation is 2. The maximum Gasteiger partial charge on any atom is 0.342 e. The summed E-state index contributed by atoms with van der Waals surface area (Å²) in [5.74, 6) is -0.637. The van der Waals surface area contributed by atoms with Crippen LogP contribution < -0.4 is 5.56 Å². The van der Waals surface area contributed by atoms with Crippen LogP contribution in [-0.2, 0) is 18.3 Å². The van der Waals surface area contributed by atoms with Gasteiger partial charge in [0, 0.05) is 13.2 Å². The molecule has 0 spiro atoms. The van der Waals surface area contributed by atoms with Crippen LogP contribution in [0.15, 0.2) is 33.9 Å². The third-order valence-corrected chi connectivity index (χ3v) is 3.88. The van der Waals surface area contributed by atoms with E-state index in [1.54, 1.807) is 43.8 Å². The quantitative estimate of drug-likeness (QED) is 0.517. The molecule has 130 valence electrons. The predicted octanol–water partition coefficient (Wildman–Crippen LogP) is 1.70. The second kappa shape index (κ2) is 6.39. The first kappa shape index (κ1) is 16.7. The average Bonchev–Trinajstić information content (AvgIpc) is 3.13. The topological polar surface area (TPSA) is 96.3 Å². The summed E-state index contributed by atoms with van der Waals surface area (Å²) in [6.07, 6.45) is 2.99. The van der Waals surface area contributed by atoms with Crippen LogP contribution in [0.3, 0.4) is 0 Å². The summed E-state index contributed by atoms with van der Waals surface area (Å²) < 4.78 is 13.2. The Morgan fingerprint density at radius 2 is 2.12 bits per heavy atom. The van der Waals surface area contributed by atoms with Gasteiger partial charge < -0.3 is 13.7 Å². The van der Waals surface area contributed by atoms with Crippen molar-refractivity contribution >= 4 is 22.9 Å². The van der Waals surface area contributed by atoms with Gasteiger partial charge in [0.2, 0.25) is 5.71 Å². The lowest BCUT2D eigenvalue weighted by molar-refractivity contribution is 0.0526. The van der Waals surface area contributed by atoms with Gasteiger partial charge in [-0.25, -0.2) is 9.78 Å². The van der Waals surface area contributed by atoms with Crippen molar-refractivity contribution < 1.29 is 18.7 Å². The second-order valence-electron chi connectivity index (χ2n) is 5.54. The summed E-state index contributed by atoms with van der Waals surface area (Å²) in [7, 11) is 1.75. The van der Waals surface area contributed by atoms with E-state index < -0.39 is 11.5 Å². The molecule has 3 heterocycles. The molecule has 0 unspecified atom stereocenters. The highest BCUT2D eigenvalue weighted by Gasteiger charge is 2.24. The summed E-state index contributed by atoms with van der Waals surface area (Å²) in [6, 6.07) is 3.42. The molecule has 0 saturated carbocycles. The van der Waals surface area contributed by atoms with Crippen molar-refractivity contribution in [3.63, 3.8) is 0 Å². The maximum atomic E-state index is 12.8. The Morgan fingerprint density at radius 3 is 2.76 bits per heavy atom. The van der Waals surface area contributed by atoms with Gasteiger partial charge in [-0.15, -0.1) is 0 Å². The van der Waals surface area contributed by atoms with Crippen LogP contribution in [0.4, 0.5) is 0 Å². The number of carbonyl (C=O) groups excluding carboxylic acids is 2. The van der Waals surface area contributed by atoms with Crippen molar-refractivity contribution in [2.45, 2.75) is 20.4 Å². The Kier molecular flexibility index (Phi) is 4.26. The molecule has 0 saturated heterocycles. The summed E-state index contributed by atoms with van der Waals surface area (Å²) in [5, 5.41) is 0.0260. The molecule has 3 rings (SSSR count). The summed E-state index contributed by atoms with van der Waals surface area (Å²) in [4.78, 5) is 41.3. The molecular weight excluding hydrogens is 326 g/mol. The van der Waals surface area contributed by atoms with Gasteiger partial charge in [-0.3, -0.25) is 14.2 Å². The van der Waals surface area contributed by atoms with E-state index >= 15 is 0 Å². The molecule has 3 aromatic heterocycles. The first-order valence-corrected chi connectivity index (χ1v) is 7.74. The zero-order chi connectivity index (χ0) is 18.1. The normalized spacial score (nSPS) is 11.0. The Labute approximate surface area is 142 Å². The standard InChI is InChI=1S/C17H17N3O5/c1-4-24-17(23)13-10(2)25-15-14(13)16(22)20(9-18-15)8-12(21)11-6-5-7-19(11)3/h5-7,9H,4,8H2,1-3H3. The third-order valence-electron chi connectivity index (χ3n) is 3.88. The molecule has 0 bridgehead atoms. The monoisotopic (exact) mass is 343 g/mol. The molecule has 0 aliphatic heterocycles. The minimum Gasteiger partial charge on any atom is -0.462 e. The first-order chi connectivity index (χ1) is 11.9. The van der Waals surface area contributed by atoms with Crippen LogP contribution >= 0.6 is 0 Å². The SMILES string of the molecule is CCOC(=O)c1c(C)oc2ncn(CC(=O)c3cccn3C)c(=O)c12. The minimum atomic E-state index is -0.649. The number of rotatable bonds is 5. The maximum absolute atomic E-state index is 12.8. The van der Waals surface area contributed by atoms with Gasteiger partial charge >= 0.3 is 5.97 Å². The molecular formula is C17H17N3O5. The number of ether oxygens (including phenoxy) is 1. The zero-order valence-electron chi connectivity index (χ0n) is 14.1. The van der Waals surface area contributed by atoms with E-state index in [0.717, 1.165) is 4.57 Å². The highest BCUT2D eigenvalue weighted by Crippen LogP contribution is 2.21. The largest absolute Gasteiger partial charge is 0.462 e. The van der Waals surface area contributed by atoms with Crippen LogP contribution in [0.5, 0.6) is 0 Å². The van der Waals surface area contributed by atoms with Gasteiger partial charge in [0.15, 0.2) is 5.78 Å². The lowest BCUT2D eigenvalue weighted by Gasteiger charge is -2.06. The smallest absolute Gasteiger partial charge is 0.342 e. The van der Waals surface area contributed by atoms with Crippen molar-refractivity contribution in [3.8, 4) is 0 Å². The fraction of sp³-hybridized carbons (Fsp3) is 0.294. The van der Waals surface area contributed by atoms with Crippen LogP contribution in [0.1, 0.15) is 33.5 Å². The zero-order valence-corrected chi connectivity index (χ0v) is 14.1. The third kappa shape index (κ3) is 2.86. The van der Waals surface area contributed by atoms with Gasteiger partial charge in [-0.1, -0.05) is 0 Å². The van der Waals surface area contributed by atoms with E-state index in [0.29, 0.717) is 5.69 Å². The molecule has 8 heteroatoms. The first-order valence-electron chi connectivity index (χ1n) is 7.74. The van der Waals surface area contributed by atoms with E-state index in [9.17, 15) is 14.4 Å². The van der Waals surface area contributed by atoms with Crippen molar-refractivity contribution in [1.29, 1.82) is 0 Å². The van der Waals surface area contributed by atoms with Gasteiger partial charge in [0.1, 0.15) is 23.0 Å². The molecule has 0 aromatic carbocycles. The Hall–Kier alpha value is -3.16. The fourth-order valence-electron chi connectivity index (χ4n) is 2.69. The Balaban J connectivity index is 2.06. The lowest BCUT2D eigenvalue weighted by atomic mass is 10.2. The molecule has 0 aliphatic rings. The van der Waals surface area contributed by atoms with Gasteiger partial charge in [0.25, 0.3) is 5.56 Å². The number of esters is 1. The average molecular weight is 343 g/mol. The summed E-state index contributed by atoms with van der Waals surface area (Å²) in [5.41, 5.74) is 0.0524.